The number of amides is 2. The highest BCUT2D eigenvalue weighted by Crippen LogP contribution is 2.39. The smallest absolute Gasteiger partial charge is 0.332 e. The molecule has 2 aromatic carbocycles. The van der Waals surface area contributed by atoms with Crippen LogP contribution in [0.25, 0.3) is 0 Å². The summed E-state index contributed by atoms with van der Waals surface area (Å²) in [6.45, 7) is 18.0. The Hall–Kier alpha value is -3.63. The molecule has 2 amide bonds. The first kappa shape index (κ1) is 36.8. The first-order valence-corrected chi connectivity index (χ1v) is 16.3. The summed E-state index contributed by atoms with van der Waals surface area (Å²) < 4.78 is 29.5. The van der Waals surface area contributed by atoms with Gasteiger partial charge in [0.15, 0.2) is 5.78 Å². The number of nitrogens with zero attached hydrogens (tertiary/aromatic N) is 1. The summed E-state index contributed by atoms with van der Waals surface area (Å²) in [7, 11) is 0. The molecule has 1 unspecified atom stereocenters. The van der Waals surface area contributed by atoms with Gasteiger partial charge in [0, 0.05) is 26.0 Å². The van der Waals surface area contributed by atoms with Crippen LogP contribution in [-0.4, -0.2) is 72.9 Å². The van der Waals surface area contributed by atoms with Gasteiger partial charge in [-0.2, -0.15) is 0 Å². The molecule has 1 fully saturated rings. The lowest BCUT2D eigenvalue weighted by Gasteiger charge is -2.47. The molecule has 10 heteroatoms. The first-order valence-electron chi connectivity index (χ1n) is 16.3. The van der Waals surface area contributed by atoms with Gasteiger partial charge in [-0.15, -0.1) is 0 Å². The van der Waals surface area contributed by atoms with E-state index in [4.69, 9.17) is 23.7 Å². The molecule has 0 radical (unpaired) electrons. The zero-order valence-electron chi connectivity index (χ0n) is 28.9. The Morgan fingerprint density at radius 1 is 0.935 bits per heavy atom. The summed E-state index contributed by atoms with van der Waals surface area (Å²) in [6.07, 6.45) is 0.251. The second kappa shape index (κ2) is 16.3. The molecule has 0 aliphatic heterocycles. The van der Waals surface area contributed by atoms with E-state index in [0.29, 0.717) is 55.3 Å². The van der Waals surface area contributed by atoms with Crippen LogP contribution in [0.3, 0.4) is 0 Å². The predicted molar refractivity (Wildman–Crippen MR) is 176 cm³/mol. The fraction of sp³-hybridized carbons (Fsp3) is 0.583. The van der Waals surface area contributed by atoms with Crippen LogP contribution in [0.4, 0.5) is 4.79 Å². The van der Waals surface area contributed by atoms with Crippen LogP contribution in [0.5, 0.6) is 11.5 Å². The lowest BCUT2D eigenvalue weighted by atomic mass is 9.74. The van der Waals surface area contributed by atoms with Gasteiger partial charge in [-0.3, -0.25) is 4.79 Å². The third-order valence-corrected chi connectivity index (χ3v) is 7.91. The fourth-order valence-electron chi connectivity index (χ4n) is 5.58. The van der Waals surface area contributed by atoms with Crippen LogP contribution in [0, 0.1) is 0 Å². The molecule has 0 saturated heterocycles. The van der Waals surface area contributed by atoms with Crippen molar-refractivity contribution in [3.63, 3.8) is 0 Å². The van der Waals surface area contributed by atoms with E-state index in [9.17, 15) is 14.4 Å². The number of ketones is 1. The average molecular weight is 641 g/mol. The zero-order valence-corrected chi connectivity index (χ0v) is 28.9. The maximum Gasteiger partial charge on any atom is 0.332 e. The van der Waals surface area contributed by atoms with E-state index < -0.39 is 29.2 Å². The second-order valence-corrected chi connectivity index (χ2v) is 12.6. The van der Waals surface area contributed by atoms with Gasteiger partial charge in [0.1, 0.15) is 28.2 Å². The van der Waals surface area contributed by atoms with E-state index in [1.807, 2.05) is 65.0 Å². The lowest BCUT2D eigenvalue weighted by Crippen LogP contribution is -2.67. The number of carbonyl (C=O) groups is 3. The summed E-state index contributed by atoms with van der Waals surface area (Å²) >= 11 is 0. The van der Waals surface area contributed by atoms with Crippen LogP contribution >= 0.6 is 0 Å². The minimum Gasteiger partial charge on any atom is -0.493 e. The SMILES string of the molecule is CCOc1cc(C(C)N(CCO[C@@H](C)c2ccccc2)C(=O)NC2(C(=O)OC(C)(C)C)CC(OCC)C2)cc(OCC)c1C(C)=O. The Morgan fingerprint density at radius 2 is 1.52 bits per heavy atom. The summed E-state index contributed by atoms with van der Waals surface area (Å²) in [4.78, 5) is 42.0. The molecular formula is C36H52N2O8. The van der Waals surface area contributed by atoms with Crippen molar-refractivity contribution in [3.05, 3.63) is 59.2 Å². The van der Waals surface area contributed by atoms with Crippen LogP contribution < -0.4 is 14.8 Å². The molecule has 1 saturated carbocycles. The molecule has 2 atom stereocenters. The number of nitrogens with one attached hydrogen (secondary N) is 1. The molecule has 1 N–H and O–H groups in total. The highest BCUT2D eigenvalue weighted by Gasteiger charge is 2.54. The minimum absolute atomic E-state index is 0.166. The van der Waals surface area contributed by atoms with Gasteiger partial charge in [-0.25, -0.2) is 9.59 Å². The summed E-state index contributed by atoms with van der Waals surface area (Å²) in [6, 6.07) is 12.4. The topological polar surface area (TPSA) is 113 Å². The molecule has 0 spiro atoms. The Bertz CT molecular complexity index is 1290. The minimum atomic E-state index is -1.23. The number of benzene rings is 2. The molecule has 1 aliphatic rings. The Labute approximate surface area is 274 Å². The number of esters is 1. The van der Waals surface area contributed by atoms with Crippen molar-refractivity contribution in [1.29, 1.82) is 0 Å². The summed E-state index contributed by atoms with van der Waals surface area (Å²) in [5.41, 5.74) is 0.121. The van der Waals surface area contributed by atoms with Crippen molar-refractivity contribution in [1.82, 2.24) is 10.2 Å². The number of Topliss-reactive ketones (excluding diaryl/α,β-unsaturated/α-hetero) is 1. The van der Waals surface area contributed by atoms with Gasteiger partial charge in [0.25, 0.3) is 0 Å². The molecule has 3 rings (SSSR count). The number of hydrogen-bond donors (Lipinski definition) is 1. The van der Waals surface area contributed by atoms with E-state index in [1.165, 1.54) is 6.92 Å². The van der Waals surface area contributed by atoms with Gasteiger partial charge in [0.2, 0.25) is 0 Å². The lowest BCUT2D eigenvalue weighted by molar-refractivity contribution is -0.174. The maximum absolute atomic E-state index is 14.2. The van der Waals surface area contributed by atoms with E-state index >= 15 is 0 Å². The largest absolute Gasteiger partial charge is 0.493 e. The summed E-state index contributed by atoms with van der Waals surface area (Å²) in [5, 5.41) is 3.03. The molecule has 0 heterocycles. The molecule has 0 aromatic heterocycles. The highest BCUT2D eigenvalue weighted by molar-refractivity contribution is 6.00. The molecular weight excluding hydrogens is 588 g/mol. The Morgan fingerprint density at radius 3 is 2.02 bits per heavy atom. The van der Waals surface area contributed by atoms with E-state index in [2.05, 4.69) is 5.32 Å². The van der Waals surface area contributed by atoms with E-state index in [-0.39, 0.29) is 31.1 Å². The number of urea groups is 1. The average Bonchev–Trinajstić information content (AvgIpc) is 2.97. The van der Waals surface area contributed by atoms with E-state index in [1.54, 1.807) is 37.8 Å². The van der Waals surface area contributed by atoms with Crippen molar-refractivity contribution in [3.8, 4) is 11.5 Å². The zero-order chi connectivity index (χ0) is 34.1. The molecule has 10 nitrogen and oxygen atoms in total. The first-order chi connectivity index (χ1) is 21.7. The van der Waals surface area contributed by atoms with Gasteiger partial charge in [0.05, 0.1) is 38.1 Å². The standard InChI is InChI=1S/C36H52N2O8/c1-10-42-29-22-36(23-29,33(40)46-35(7,8)9)37-34(41)38(18-19-45-26(6)27-16-14-13-15-17-27)24(4)28-20-30(43-11-2)32(25(5)39)31(21-28)44-12-3/h13-17,20-21,24,26,29H,10-12,18-19,22-23H2,1-9H3,(H,37,41)/t24?,26-,29?,36?/m0/s1. The van der Waals surface area contributed by atoms with Crippen LogP contribution in [0.1, 0.15) is 109 Å². The van der Waals surface area contributed by atoms with Crippen molar-refractivity contribution < 1.29 is 38.1 Å². The normalized spacial score (nSPS) is 18.9. The highest BCUT2D eigenvalue weighted by atomic mass is 16.6. The van der Waals surface area contributed by atoms with Crippen molar-refractivity contribution >= 4 is 17.8 Å². The number of ether oxygens (including phenoxy) is 5. The van der Waals surface area contributed by atoms with Crippen molar-refractivity contribution in [2.45, 2.75) is 105 Å². The van der Waals surface area contributed by atoms with Crippen molar-refractivity contribution in [2.75, 3.05) is 33.0 Å². The predicted octanol–water partition coefficient (Wildman–Crippen LogP) is 6.82. The van der Waals surface area contributed by atoms with Crippen LogP contribution in [-0.2, 0) is 19.0 Å². The maximum atomic E-state index is 14.2. The molecule has 1 aliphatic carbocycles. The third kappa shape index (κ3) is 9.45. The number of rotatable bonds is 16. The van der Waals surface area contributed by atoms with Gasteiger partial charge >= 0.3 is 12.0 Å². The molecule has 46 heavy (non-hydrogen) atoms. The van der Waals surface area contributed by atoms with Crippen molar-refractivity contribution in [2.24, 2.45) is 0 Å². The Balaban J connectivity index is 1.97. The van der Waals surface area contributed by atoms with Gasteiger partial charge < -0.3 is 33.9 Å². The number of carbonyl (C=O) groups excluding carboxylic acids is 3. The van der Waals surface area contributed by atoms with E-state index in [0.717, 1.165) is 5.56 Å². The van der Waals surface area contributed by atoms with Crippen LogP contribution in [0.2, 0.25) is 0 Å². The van der Waals surface area contributed by atoms with Gasteiger partial charge in [-0.05, 0) is 85.6 Å². The monoisotopic (exact) mass is 640 g/mol. The Kier molecular flexibility index (Phi) is 13.0. The molecule has 0 bridgehead atoms. The van der Waals surface area contributed by atoms with Crippen LogP contribution in [0.15, 0.2) is 42.5 Å². The summed E-state index contributed by atoms with van der Waals surface area (Å²) in [5.74, 6) is 0.104. The number of hydrogen-bond acceptors (Lipinski definition) is 8. The quantitative estimate of drug-likeness (QED) is 0.157. The third-order valence-electron chi connectivity index (χ3n) is 7.91. The molecule has 2 aromatic rings. The fourth-order valence-corrected chi connectivity index (χ4v) is 5.58. The molecule has 254 valence electrons. The van der Waals surface area contributed by atoms with Gasteiger partial charge in [-0.1, -0.05) is 30.3 Å². The second-order valence-electron chi connectivity index (χ2n) is 12.6.